The first kappa shape index (κ1) is 14.9. The van der Waals surface area contributed by atoms with Gasteiger partial charge in [-0.3, -0.25) is 11.3 Å². The van der Waals surface area contributed by atoms with Gasteiger partial charge in [-0.05, 0) is 18.9 Å². The molecule has 0 aliphatic rings. The van der Waals surface area contributed by atoms with Crippen LogP contribution in [0.4, 0.5) is 13.2 Å². The van der Waals surface area contributed by atoms with Gasteiger partial charge < -0.3 is 4.74 Å². The SMILES string of the molecule is CCCOCCC(NN)c1ccc(F)c(F)c1F. The molecule has 1 rings (SSSR count). The van der Waals surface area contributed by atoms with E-state index in [1.807, 2.05) is 6.92 Å². The molecule has 0 amide bonds. The van der Waals surface area contributed by atoms with E-state index in [0.717, 1.165) is 12.5 Å². The standard InChI is InChI=1S/C12H17F3N2O/c1-2-6-18-7-5-10(17-16)8-3-4-9(13)12(15)11(8)14/h3-4,10,17H,2,5-7,16H2,1H3. The maximum absolute atomic E-state index is 13.5. The third-order valence-electron chi connectivity index (χ3n) is 2.54. The molecule has 0 aliphatic heterocycles. The Kier molecular flexibility index (Phi) is 6.11. The number of rotatable bonds is 7. The highest BCUT2D eigenvalue weighted by Gasteiger charge is 2.19. The van der Waals surface area contributed by atoms with Crippen LogP contribution in [0.5, 0.6) is 0 Å². The van der Waals surface area contributed by atoms with Crippen molar-refractivity contribution in [2.24, 2.45) is 5.84 Å². The van der Waals surface area contributed by atoms with Crippen LogP contribution in [0.2, 0.25) is 0 Å². The Morgan fingerprint density at radius 2 is 1.94 bits per heavy atom. The van der Waals surface area contributed by atoms with Gasteiger partial charge in [0.2, 0.25) is 0 Å². The Labute approximate surface area is 104 Å². The number of nitrogens with one attached hydrogen (secondary N) is 1. The van der Waals surface area contributed by atoms with Gasteiger partial charge in [0.05, 0.1) is 6.04 Å². The Morgan fingerprint density at radius 3 is 2.56 bits per heavy atom. The van der Waals surface area contributed by atoms with E-state index in [1.54, 1.807) is 0 Å². The molecule has 0 radical (unpaired) electrons. The minimum absolute atomic E-state index is 0.00324. The average Bonchev–Trinajstić information content (AvgIpc) is 2.38. The zero-order valence-corrected chi connectivity index (χ0v) is 10.2. The lowest BCUT2D eigenvalue weighted by atomic mass is 10.0. The first-order chi connectivity index (χ1) is 8.61. The average molecular weight is 262 g/mol. The van der Waals surface area contributed by atoms with Crippen molar-refractivity contribution in [3.63, 3.8) is 0 Å². The molecule has 0 saturated heterocycles. The predicted octanol–water partition coefficient (Wildman–Crippen LogP) is 2.42. The van der Waals surface area contributed by atoms with Crippen molar-refractivity contribution in [1.82, 2.24) is 5.43 Å². The van der Waals surface area contributed by atoms with Gasteiger partial charge >= 0.3 is 0 Å². The molecular formula is C12H17F3N2O. The molecule has 0 saturated carbocycles. The van der Waals surface area contributed by atoms with Crippen LogP contribution in [-0.4, -0.2) is 13.2 Å². The summed E-state index contributed by atoms with van der Waals surface area (Å²) in [5.41, 5.74) is 2.37. The van der Waals surface area contributed by atoms with E-state index in [2.05, 4.69) is 5.43 Å². The van der Waals surface area contributed by atoms with E-state index in [0.29, 0.717) is 19.6 Å². The fourth-order valence-electron chi connectivity index (χ4n) is 1.59. The fourth-order valence-corrected chi connectivity index (χ4v) is 1.59. The lowest BCUT2D eigenvalue weighted by molar-refractivity contribution is 0.124. The summed E-state index contributed by atoms with van der Waals surface area (Å²) >= 11 is 0. The van der Waals surface area contributed by atoms with E-state index >= 15 is 0 Å². The molecule has 0 aromatic heterocycles. The Bertz CT molecular complexity index is 388. The molecular weight excluding hydrogens is 245 g/mol. The number of ether oxygens (including phenoxy) is 1. The second-order valence-corrected chi connectivity index (χ2v) is 3.88. The number of hydrogen-bond donors (Lipinski definition) is 2. The summed E-state index contributed by atoms with van der Waals surface area (Å²) in [4.78, 5) is 0. The van der Waals surface area contributed by atoms with Crippen LogP contribution in [0.1, 0.15) is 31.4 Å². The summed E-state index contributed by atoms with van der Waals surface area (Å²) in [5, 5.41) is 0. The third-order valence-corrected chi connectivity index (χ3v) is 2.54. The quantitative estimate of drug-likeness (QED) is 0.343. The highest BCUT2D eigenvalue weighted by atomic mass is 19.2. The zero-order valence-electron chi connectivity index (χ0n) is 10.2. The Morgan fingerprint density at radius 1 is 1.22 bits per heavy atom. The van der Waals surface area contributed by atoms with E-state index in [4.69, 9.17) is 10.6 Å². The van der Waals surface area contributed by atoms with E-state index in [-0.39, 0.29) is 5.56 Å². The summed E-state index contributed by atoms with van der Waals surface area (Å²) in [7, 11) is 0. The van der Waals surface area contributed by atoms with Crippen LogP contribution in [0.25, 0.3) is 0 Å². The molecule has 102 valence electrons. The van der Waals surface area contributed by atoms with Crippen molar-refractivity contribution in [2.75, 3.05) is 13.2 Å². The summed E-state index contributed by atoms with van der Waals surface area (Å²) in [6, 6.07) is 1.44. The summed E-state index contributed by atoms with van der Waals surface area (Å²) in [5.74, 6) is 1.38. The van der Waals surface area contributed by atoms with E-state index in [1.165, 1.54) is 6.07 Å². The van der Waals surface area contributed by atoms with Crippen LogP contribution >= 0.6 is 0 Å². The molecule has 0 spiro atoms. The van der Waals surface area contributed by atoms with Gasteiger partial charge in [-0.2, -0.15) is 0 Å². The van der Waals surface area contributed by atoms with Gasteiger partial charge in [-0.15, -0.1) is 0 Å². The van der Waals surface area contributed by atoms with Crippen molar-refractivity contribution in [3.8, 4) is 0 Å². The maximum atomic E-state index is 13.5. The number of nitrogens with two attached hydrogens (primary N) is 1. The van der Waals surface area contributed by atoms with Crippen LogP contribution in [0.15, 0.2) is 12.1 Å². The highest BCUT2D eigenvalue weighted by Crippen LogP contribution is 2.23. The van der Waals surface area contributed by atoms with Gasteiger partial charge in [0.25, 0.3) is 0 Å². The molecule has 1 aromatic rings. The zero-order chi connectivity index (χ0) is 13.5. The minimum atomic E-state index is -1.48. The number of hydrogen-bond acceptors (Lipinski definition) is 3. The smallest absolute Gasteiger partial charge is 0.194 e. The first-order valence-electron chi connectivity index (χ1n) is 5.79. The van der Waals surface area contributed by atoms with Crippen molar-refractivity contribution in [3.05, 3.63) is 35.1 Å². The van der Waals surface area contributed by atoms with Crippen molar-refractivity contribution >= 4 is 0 Å². The molecule has 0 fully saturated rings. The van der Waals surface area contributed by atoms with Gasteiger partial charge in [-0.1, -0.05) is 13.0 Å². The van der Waals surface area contributed by atoms with E-state index in [9.17, 15) is 13.2 Å². The molecule has 3 N–H and O–H groups in total. The van der Waals surface area contributed by atoms with Gasteiger partial charge in [0.1, 0.15) is 0 Å². The largest absolute Gasteiger partial charge is 0.381 e. The Hall–Kier alpha value is -1.11. The molecule has 0 aliphatic carbocycles. The Balaban J connectivity index is 2.73. The number of benzene rings is 1. The molecule has 1 unspecified atom stereocenters. The third kappa shape index (κ3) is 3.69. The lowest BCUT2D eigenvalue weighted by Gasteiger charge is -2.17. The highest BCUT2D eigenvalue weighted by molar-refractivity contribution is 5.23. The molecule has 1 aromatic carbocycles. The lowest BCUT2D eigenvalue weighted by Crippen LogP contribution is -2.30. The van der Waals surface area contributed by atoms with Crippen LogP contribution in [-0.2, 0) is 4.74 Å². The summed E-state index contributed by atoms with van der Waals surface area (Å²) in [6.45, 7) is 2.92. The van der Waals surface area contributed by atoms with Gasteiger partial charge in [-0.25, -0.2) is 13.2 Å². The van der Waals surface area contributed by atoms with Crippen molar-refractivity contribution < 1.29 is 17.9 Å². The van der Waals surface area contributed by atoms with Crippen LogP contribution in [0.3, 0.4) is 0 Å². The van der Waals surface area contributed by atoms with Crippen LogP contribution < -0.4 is 11.3 Å². The fraction of sp³-hybridized carbons (Fsp3) is 0.500. The van der Waals surface area contributed by atoms with E-state index < -0.39 is 23.5 Å². The predicted molar refractivity (Wildman–Crippen MR) is 62.1 cm³/mol. The van der Waals surface area contributed by atoms with Crippen LogP contribution in [0, 0.1) is 17.5 Å². The molecule has 6 heteroatoms. The number of halogens is 3. The molecule has 3 nitrogen and oxygen atoms in total. The monoisotopic (exact) mass is 262 g/mol. The van der Waals surface area contributed by atoms with Crippen molar-refractivity contribution in [1.29, 1.82) is 0 Å². The van der Waals surface area contributed by atoms with Gasteiger partial charge in [0, 0.05) is 18.8 Å². The minimum Gasteiger partial charge on any atom is -0.381 e. The maximum Gasteiger partial charge on any atom is 0.194 e. The summed E-state index contributed by atoms with van der Waals surface area (Å²) in [6.07, 6.45) is 1.25. The number of hydrazine groups is 1. The molecule has 0 bridgehead atoms. The summed E-state index contributed by atoms with van der Waals surface area (Å²) < 4.78 is 44.6. The second kappa shape index (κ2) is 7.35. The molecule has 0 heterocycles. The second-order valence-electron chi connectivity index (χ2n) is 3.88. The topological polar surface area (TPSA) is 47.3 Å². The van der Waals surface area contributed by atoms with Gasteiger partial charge in [0.15, 0.2) is 17.5 Å². The van der Waals surface area contributed by atoms with Crippen molar-refractivity contribution in [2.45, 2.75) is 25.8 Å². The molecule has 18 heavy (non-hydrogen) atoms. The molecule has 1 atom stereocenters. The normalized spacial score (nSPS) is 12.7. The first-order valence-corrected chi connectivity index (χ1v) is 5.79.